The predicted molar refractivity (Wildman–Crippen MR) is 67.7 cm³/mol. The van der Waals surface area contributed by atoms with Crippen LogP contribution in [0.4, 0.5) is 5.69 Å². The molecule has 1 atom stereocenters. The molecular weight excluding hydrogens is 215 g/mol. The normalized spacial score (nSPS) is 20.4. The summed E-state index contributed by atoms with van der Waals surface area (Å²) in [7, 11) is 1.57. The molecule has 2 rings (SSSR count). The zero-order valence-corrected chi connectivity index (χ0v) is 9.71. The standard InChI is InChI=1S/C12H16BN2O2/c14-9-17-13-11-7-4-8-15(12(11)16)10-5-2-1-3-6-10/h1-3,5-6,11H,4,7-9,14H2/t11-/m0/s1. The largest absolute Gasteiger partial charge is 0.428 e. The van der Waals surface area contributed by atoms with E-state index in [1.807, 2.05) is 35.2 Å². The molecule has 1 fully saturated rings. The van der Waals surface area contributed by atoms with Crippen LogP contribution in [-0.4, -0.2) is 26.7 Å². The van der Waals surface area contributed by atoms with Crippen molar-refractivity contribution in [1.29, 1.82) is 0 Å². The Balaban J connectivity index is 2.06. The molecule has 1 aromatic carbocycles. The third-order valence-corrected chi connectivity index (χ3v) is 2.90. The van der Waals surface area contributed by atoms with Gasteiger partial charge in [0.15, 0.2) is 0 Å². The lowest BCUT2D eigenvalue weighted by Crippen LogP contribution is -2.41. The minimum atomic E-state index is -0.174. The number of carbonyl (C=O) groups excluding carboxylic acids is 1. The summed E-state index contributed by atoms with van der Waals surface area (Å²) in [4.78, 5) is 14.0. The van der Waals surface area contributed by atoms with E-state index in [9.17, 15) is 4.79 Å². The van der Waals surface area contributed by atoms with Crippen LogP contribution in [0.5, 0.6) is 0 Å². The van der Waals surface area contributed by atoms with Crippen molar-refractivity contribution in [2.45, 2.75) is 18.7 Å². The maximum atomic E-state index is 12.2. The van der Waals surface area contributed by atoms with Gasteiger partial charge >= 0.3 is 7.48 Å². The molecule has 1 heterocycles. The van der Waals surface area contributed by atoms with Crippen molar-refractivity contribution in [2.75, 3.05) is 18.2 Å². The Kier molecular flexibility index (Phi) is 4.17. The van der Waals surface area contributed by atoms with E-state index in [0.29, 0.717) is 0 Å². The lowest BCUT2D eigenvalue weighted by Gasteiger charge is -2.31. The highest BCUT2D eigenvalue weighted by atomic mass is 16.4. The first-order valence-corrected chi connectivity index (χ1v) is 5.84. The van der Waals surface area contributed by atoms with E-state index in [0.717, 1.165) is 25.1 Å². The second-order valence-corrected chi connectivity index (χ2v) is 4.04. The summed E-state index contributed by atoms with van der Waals surface area (Å²) in [6.07, 6.45) is 1.82. The van der Waals surface area contributed by atoms with Crippen LogP contribution in [-0.2, 0) is 9.45 Å². The number of carbonyl (C=O) groups is 1. The molecule has 89 valence electrons. The second kappa shape index (κ2) is 5.84. The van der Waals surface area contributed by atoms with Gasteiger partial charge in [-0.2, -0.15) is 0 Å². The highest BCUT2D eigenvalue weighted by Crippen LogP contribution is 2.27. The Morgan fingerprint density at radius 3 is 2.88 bits per heavy atom. The Morgan fingerprint density at radius 2 is 2.18 bits per heavy atom. The highest BCUT2D eigenvalue weighted by Gasteiger charge is 2.30. The lowest BCUT2D eigenvalue weighted by molar-refractivity contribution is -0.119. The van der Waals surface area contributed by atoms with Gasteiger partial charge in [-0.1, -0.05) is 18.2 Å². The molecule has 2 N–H and O–H groups in total. The summed E-state index contributed by atoms with van der Waals surface area (Å²) in [6, 6.07) is 9.71. The van der Waals surface area contributed by atoms with Gasteiger partial charge in [-0.05, 0) is 25.0 Å². The van der Waals surface area contributed by atoms with Crippen LogP contribution in [0.25, 0.3) is 0 Å². The monoisotopic (exact) mass is 231 g/mol. The fourth-order valence-corrected chi connectivity index (χ4v) is 2.07. The molecule has 0 unspecified atom stereocenters. The molecule has 1 amide bonds. The first-order valence-electron chi connectivity index (χ1n) is 5.84. The van der Waals surface area contributed by atoms with Gasteiger partial charge in [-0.3, -0.25) is 4.79 Å². The smallest absolute Gasteiger partial charge is 0.307 e. The van der Waals surface area contributed by atoms with Crippen LogP contribution in [0.3, 0.4) is 0 Å². The van der Waals surface area contributed by atoms with Gasteiger partial charge in [0, 0.05) is 18.0 Å². The number of piperidine rings is 1. The van der Waals surface area contributed by atoms with E-state index in [1.54, 1.807) is 7.48 Å². The van der Waals surface area contributed by atoms with Gasteiger partial charge in [0.1, 0.15) is 0 Å². The van der Waals surface area contributed by atoms with Crippen molar-refractivity contribution in [1.82, 2.24) is 0 Å². The number of nitrogens with zero attached hydrogens (tertiary/aromatic N) is 1. The van der Waals surface area contributed by atoms with Crippen molar-refractivity contribution >= 4 is 19.1 Å². The van der Waals surface area contributed by atoms with Gasteiger partial charge in [0.05, 0.1) is 6.73 Å². The molecule has 0 aliphatic carbocycles. The molecule has 1 radical (unpaired) electrons. The summed E-state index contributed by atoms with van der Waals surface area (Å²) in [6.45, 7) is 0.894. The molecule has 1 aliphatic heterocycles. The average Bonchev–Trinajstić information content (AvgIpc) is 2.39. The minimum Gasteiger partial charge on any atom is -0.428 e. The number of nitrogens with two attached hydrogens (primary N) is 1. The third kappa shape index (κ3) is 2.87. The summed E-state index contributed by atoms with van der Waals surface area (Å²) < 4.78 is 5.03. The maximum Gasteiger partial charge on any atom is 0.307 e. The molecule has 1 aromatic rings. The number of para-hydroxylation sites is 1. The Labute approximate surface area is 102 Å². The van der Waals surface area contributed by atoms with Gasteiger partial charge in [-0.15, -0.1) is 0 Å². The molecule has 17 heavy (non-hydrogen) atoms. The zero-order chi connectivity index (χ0) is 12.1. The summed E-state index contributed by atoms with van der Waals surface area (Å²) in [5.74, 6) is -0.0802. The SMILES string of the molecule is NCO[B][C@H]1CCCN(c2ccccc2)C1=O. The van der Waals surface area contributed by atoms with Crippen molar-refractivity contribution in [3.63, 3.8) is 0 Å². The van der Waals surface area contributed by atoms with E-state index >= 15 is 0 Å². The van der Waals surface area contributed by atoms with Crippen molar-refractivity contribution in [2.24, 2.45) is 5.73 Å². The van der Waals surface area contributed by atoms with E-state index in [2.05, 4.69) is 0 Å². The summed E-state index contributed by atoms with van der Waals surface area (Å²) in [5, 5.41) is 0. The van der Waals surface area contributed by atoms with E-state index in [4.69, 9.17) is 10.4 Å². The molecule has 4 nitrogen and oxygen atoms in total. The average molecular weight is 231 g/mol. The predicted octanol–water partition coefficient (Wildman–Crippen LogP) is 1.15. The van der Waals surface area contributed by atoms with Crippen LogP contribution in [0.15, 0.2) is 30.3 Å². The second-order valence-electron chi connectivity index (χ2n) is 4.04. The van der Waals surface area contributed by atoms with Gasteiger partial charge in [-0.25, -0.2) is 0 Å². The Hall–Kier alpha value is -1.33. The molecule has 0 aromatic heterocycles. The molecule has 0 saturated carbocycles. The fourth-order valence-electron chi connectivity index (χ4n) is 2.07. The number of amides is 1. The molecule has 1 aliphatic rings. The summed E-state index contributed by atoms with van der Waals surface area (Å²) in [5.41, 5.74) is 6.21. The van der Waals surface area contributed by atoms with Crippen molar-refractivity contribution in [3.05, 3.63) is 30.3 Å². The highest BCUT2D eigenvalue weighted by molar-refractivity contribution is 6.39. The Morgan fingerprint density at radius 1 is 1.41 bits per heavy atom. The van der Waals surface area contributed by atoms with Crippen LogP contribution in [0.1, 0.15) is 12.8 Å². The minimum absolute atomic E-state index is 0.0934. The first kappa shape index (κ1) is 12.1. The van der Waals surface area contributed by atoms with Crippen LogP contribution < -0.4 is 10.6 Å². The van der Waals surface area contributed by atoms with E-state index in [1.165, 1.54) is 0 Å². The topological polar surface area (TPSA) is 55.6 Å². The van der Waals surface area contributed by atoms with Crippen LogP contribution in [0, 0.1) is 0 Å². The molecule has 1 saturated heterocycles. The number of hydrogen-bond acceptors (Lipinski definition) is 3. The first-order chi connectivity index (χ1) is 8.33. The number of anilines is 1. The van der Waals surface area contributed by atoms with E-state index < -0.39 is 0 Å². The van der Waals surface area contributed by atoms with Crippen LogP contribution >= 0.6 is 0 Å². The number of benzene rings is 1. The lowest BCUT2D eigenvalue weighted by atomic mass is 9.74. The van der Waals surface area contributed by atoms with Gasteiger partial charge in [0.2, 0.25) is 5.91 Å². The number of rotatable bonds is 4. The molecular formula is C12H16BN2O2. The van der Waals surface area contributed by atoms with Crippen molar-refractivity contribution < 1.29 is 9.45 Å². The Bertz CT molecular complexity index is 372. The summed E-state index contributed by atoms with van der Waals surface area (Å²) >= 11 is 0. The van der Waals surface area contributed by atoms with Crippen LogP contribution in [0.2, 0.25) is 5.82 Å². The zero-order valence-electron chi connectivity index (χ0n) is 9.71. The fraction of sp³-hybridized carbons (Fsp3) is 0.417. The third-order valence-electron chi connectivity index (χ3n) is 2.90. The van der Waals surface area contributed by atoms with Gasteiger partial charge in [0.25, 0.3) is 0 Å². The maximum absolute atomic E-state index is 12.2. The van der Waals surface area contributed by atoms with Crippen molar-refractivity contribution in [3.8, 4) is 0 Å². The molecule has 0 bridgehead atoms. The number of hydrogen-bond donors (Lipinski definition) is 1. The quantitative estimate of drug-likeness (QED) is 0.624. The molecule has 5 heteroatoms. The van der Waals surface area contributed by atoms with E-state index in [-0.39, 0.29) is 18.5 Å². The molecule has 0 spiro atoms. The van der Waals surface area contributed by atoms with Gasteiger partial charge < -0.3 is 15.3 Å².